The summed E-state index contributed by atoms with van der Waals surface area (Å²) in [5.74, 6) is -2.59. The first-order valence-electron chi connectivity index (χ1n) is 5.48. The molecule has 2 aliphatic rings. The Morgan fingerprint density at radius 3 is 1.61 bits per heavy atom. The van der Waals surface area contributed by atoms with Gasteiger partial charge in [-0.05, 0) is 31.1 Å². The second-order valence-corrected chi connectivity index (χ2v) is 6.71. The number of aliphatic hydroxyl groups is 1. The molecule has 8 heteroatoms. The summed E-state index contributed by atoms with van der Waals surface area (Å²) < 4.78 is 76.3. The molecule has 18 heavy (non-hydrogen) atoms. The molecule has 2 aliphatic carbocycles. The van der Waals surface area contributed by atoms with E-state index in [4.69, 9.17) is 0 Å². The van der Waals surface area contributed by atoms with Crippen LogP contribution in [0.1, 0.15) is 19.3 Å². The molecule has 1 N–H and O–H groups in total. The molecule has 0 amide bonds. The fourth-order valence-corrected chi connectivity index (χ4v) is 4.54. The Hall–Kier alpha value is 0.270. The third-order valence-corrected chi connectivity index (χ3v) is 5.70. The lowest BCUT2D eigenvalue weighted by Gasteiger charge is -2.41. The third kappa shape index (κ3) is 1.94. The zero-order chi connectivity index (χ0) is 13.9. The molecule has 106 valence electrons. The van der Waals surface area contributed by atoms with Gasteiger partial charge in [-0.1, -0.05) is 22.6 Å². The van der Waals surface area contributed by atoms with Gasteiger partial charge in [0, 0.05) is 9.84 Å². The summed E-state index contributed by atoms with van der Waals surface area (Å²) in [4.78, 5) is 0. The van der Waals surface area contributed by atoms with E-state index >= 15 is 0 Å². The van der Waals surface area contributed by atoms with Crippen molar-refractivity contribution < 1.29 is 31.4 Å². The highest BCUT2D eigenvalue weighted by Crippen LogP contribution is 2.60. The Bertz CT molecular complexity index is 322. The van der Waals surface area contributed by atoms with Crippen molar-refractivity contribution >= 4 is 22.6 Å². The minimum absolute atomic E-state index is 0.120. The zero-order valence-corrected chi connectivity index (χ0v) is 11.2. The van der Waals surface area contributed by atoms with Gasteiger partial charge in [-0.15, -0.1) is 0 Å². The Labute approximate surface area is 113 Å². The minimum atomic E-state index is -5.68. The van der Waals surface area contributed by atoms with Gasteiger partial charge in [-0.2, -0.15) is 26.3 Å². The van der Waals surface area contributed by atoms with E-state index in [1.54, 1.807) is 0 Å². The van der Waals surface area contributed by atoms with Gasteiger partial charge in [0.1, 0.15) is 0 Å². The van der Waals surface area contributed by atoms with Crippen LogP contribution in [0.15, 0.2) is 0 Å². The summed E-state index contributed by atoms with van der Waals surface area (Å²) in [6.45, 7) is 0. The predicted octanol–water partition coefficient (Wildman–Crippen LogP) is 3.69. The maximum atomic E-state index is 12.7. The van der Waals surface area contributed by atoms with Gasteiger partial charge in [-0.3, -0.25) is 0 Å². The lowest BCUT2D eigenvalue weighted by atomic mass is 9.75. The smallest absolute Gasteiger partial charge is 0.373 e. The molecule has 2 fully saturated rings. The maximum Gasteiger partial charge on any atom is 0.426 e. The monoisotopic (exact) mass is 388 g/mol. The molecule has 2 bridgehead atoms. The van der Waals surface area contributed by atoms with Crippen molar-refractivity contribution in [2.45, 2.75) is 41.1 Å². The first-order chi connectivity index (χ1) is 7.98. The van der Waals surface area contributed by atoms with Crippen LogP contribution in [0, 0.1) is 17.8 Å². The Morgan fingerprint density at radius 1 is 0.833 bits per heavy atom. The van der Waals surface area contributed by atoms with Gasteiger partial charge in [0.25, 0.3) is 5.60 Å². The summed E-state index contributed by atoms with van der Waals surface area (Å²) in [7, 11) is 0. The van der Waals surface area contributed by atoms with Crippen LogP contribution in [0.2, 0.25) is 0 Å². The summed E-state index contributed by atoms with van der Waals surface area (Å²) in [5.41, 5.74) is -4.56. The second kappa shape index (κ2) is 4.13. The molecular weight excluding hydrogens is 377 g/mol. The van der Waals surface area contributed by atoms with Crippen molar-refractivity contribution in [3.8, 4) is 0 Å². The zero-order valence-electron chi connectivity index (χ0n) is 9.02. The van der Waals surface area contributed by atoms with Crippen LogP contribution in [0.25, 0.3) is 0 Å². The topological polar surface area (TPSA) is 20.2 Å². The van der Waals surface area contributed by atoms with Gasteiger partial charge in [0.05, 0.1) is 0 Å². The number of alkyl halides is 7. The van der Waals surface area contributed by atoms with E-state index in [9.17, 15) is 31.4 Å². The van der Waals surface area contributed by atoms with Crippen molar-refractivity contribution in [1.82, 2.24) is 0 Å². The van der Waals surface area contributed by atoms with Gasteiger partial charge >= 0.3 is 12.4 Å². The van der Waals surface area contributed by atoms with E-state index in [0.717, 1.165) is 0 Å². The minimum Gasteiger partial charge on any atom is -0.373 e. The van der Waals surface area contributed by atoms with Crippen LogP contribution >= 0.6 is 22.6 Å². The molecule has 0 spiro atoms. The van der Waals surface area contributed by atoms with Crippen molar-refractivity contribution in [3.05, 3.63) is 0 Å². The fraction of sp³-hybridized carbons (Fsp3) is 1.00. The van der Waals surface area contributed by atoms with Crippen molar-refractivity contribution in [2.24, 2.45) is 17.8 Å². The SMILES string of the molecule is OC(C1CC2CC1CC2I)(C(F)(F)F)C(F)(F)F. The molecule has 0 radical (unpaired) electrons. The highest BCUT2D eigenvalue weighted by molar-refractivity contribution is 14.1. The molecule has 4 atom stereocenters. The van der Waals surface area contributed by atoms with E-state index in [2.05, 4.69) is 22.6 Å². The van der Waals surface area contributed by atoms with Crippen LogP contribution in [0.3, 0.4) is 0 Å². The number of fused-ring (bicyclic) bond motifs is 2. The first kappa shape index (κ1) is 14.7. The van der Waals surface area contributed by atoms with E-state index in [1.165, 1.54) is 0 Å². The number of rotatable bonds is 1. The summed E-state index contributed by atoms with van der Waals surface area (Å²) in [6, 6.07) is 0. The summed E-state index contributed by atoms with van der Waals surface area (Å²) >= 11 is 2.06. The highest BCUT2D eigenvalue weighted by atomic mass is 127. The highest BCUT2D eigenvalue weighted by Gasteiger charge is 2.76. The summed E-state index contributed by atoms with van der Waals surface area (Å²) in [5, 5.41) is 9.34. The van der Waals surface area contributed by atoms with Crippen LogP contribution in [0.5, 0.6) is 0 Å². The van der Waals surface area contributed by atoms with E-state index < -0.39 is 29.8 Å². The Balaban J connectivity index is 2.34. The van der Waals surface area contributed by atoms with Gasteiger partial charge < -0.3 is 5.11 Å². The third-order valence-electron chi connectivity index (χ3n) is 4.17. The molecule has 0 aromatic heterocycles. The van der Waals surface area contributed by atoms with Crippen molar-refractivity contribution in [2.75, 3.05) is 0 Å². The number of halogens is 7. The van der Waals surface area contributed by atoms with E-state index in [-0.39, 0.29) is 16.3 Å². The molecular formula is C10H11F6IO. The molecule has 4 unspecified atom stereocenters. The van der Waals surface area contributed by atoms with E-state index in [1.807, 2.05) is 0 Å². The molecule has 0 saturated heterocycles. The molecule has 0 aliphatic heterocycles. The van der Waals surface area contributed by atoms with E-state index in [0.29, 0.717) is 12.8 Å². The number of hydrogen-bond donors (Lipinski definition) is 1. The number of hydrogen-bond acceptors (Lipinski definition) is 1. The van der Waals surface area contributed by atoms with Gasteiger partial charge in [-0.25, -0.2) is 0 Å². The molecule has 0 heterocycles. The largest absolute Gasteiger partial charge is 0.426 e. The molecule has 2 rings (SSSR count). The van der Waals surface area contributed by atoms with Gasteiger partial charge in [0.15, 0.2) is 0 Å². The lowest BCUT2D eigenvalue weighted by Crippen LogP contribution is -2.62. The average Bonchev–Trinajstić information content (AvgIpc) is 2.70. The van der Waals surface area contributed by atoms with Crippen molar-refractivity contribution in [1.29, 1.82) is 0 Å². The predicted molar refractivity (Wildman–Crippen MR) is 59.2 cm³/mol. The van der Waals surface area contributed by atoms with Crippen LogP contribution in [0.4, 0.5) is 26.3 Å². The fourth-order valence-electron chi connectivity index (χ4n) is 3.30. The standard InChI is InChI=1S/C10H11F6IO/c11-9(12,13)8(18,10(14,15)16)6-2-5-1-4(6)3-7(5)17/h4-7,18H,1-3H2. The molecule has 2 saturated carbocycles. The maximum absolute atomic E-state index is 12.7. The molecule has 1 nitrogen and oxygen atoms in total. The van der Waals surface area contributed by atoms with Crippen molar-refractivity contribution in [3.63, 3.8) is 0 Å². The first-order valence-corrected chi connectivity index (χ1v) is 6.73. The lowest BCUT2D eigenvalue weighted by molar-refractivity contribution is -0.388. The van der Waals surface area contributed by atoms with Gasteiger partial charge in [0.2, 0.25) is 0 Å². The van der Waals surface area contributed by atoms with Crippen LogP contribution < -0.4 is 0 Å². The van der Waals surface area contributed by atoms with Crippen LogP contribution in [-0.4, -0.2) is 27.0 Å². The second-order valence-electron chi connectivity index (χ2n) is 5.11. The summed E-state index contributed by atoms with van der Waals surface area (Å²) in [6.07, 6.45) is -10.9. The Kier molecular flexibility index (Phi) is 3.37. The molecule has 0 aromatic carbocycles. The van der Waals surface area contributed by atoms with Crippen LogP contribution in [-0.2, 0) is 0 Å². The average molecular weight is 388 g/mol. The molecule has 0 aromatic rings. The Morgan fingerprint density at radius 2 is 1.33 bits per heavy atom. The normalized spacial score (nSPS) is 37.3. The quantitative estimate of drug-likeness (QED) is 0.413.